The summed E-state index contributed by atoms with van der Waals surface area (Å²) in [7, 11) is 0. The number of nitrogens with two attached hydrogens (primary N) is 2. The number of guanidine groups is 2. The standard InChI is InChI=1S/C21H32N6O2/c1-14(24-19(28)29-20(2,3)4)15-9-8-10-16(13-15)27-18(23)25-17(22)26-21(27)11-6-5-7-12-21/h8-10,13-14H,5-7,11-12H2,1-4H3,(H,24,28)(H4,22,23,25,26). The number of alkyl carbamates (subject to hydrolysis) is 1. The van der Waals surface area contributed by atoms with Gasteiger partial charge in [0.2, 0.25) is 11.9 Å². The highest BCUT2D eigenvalue weighted by molar-refractivity contribution is 6.05. The average molecular weight is 401 g/mol. The molecule has 1 atom stereocenters. The zero-order valence-electron chi connectivity index (χ0n) is 17.7. The third-order valence-corrected chi connectivity index (χ3v) is 5.21. The monoisotopic (exact) mass is 400 g/mol. The van der Waals surface area contributed by atoms with Crippen molar-refractivity contribution in [1.82, 2.24) is 5.32 Å². The van der Waals surface area contributed by atoms with Crippen LogP contribution < -0.4 is 21.7 Å². The van der Waals surface area contributed by atoms with E-state index in [2.05, 4.69) is 10.3 Å². The summed E-state index contributed by atoms with van der Waals surface area (Å²) < 4.78 is 5.36. The molecule has 1 aromatic rings. The minimum atomic E-state index is -0.546. The van der Waals surface area contributed by atoms with E-state index >= 15 is 0 Å². The maximum Gasteiger partial charge on any atom is 0.408 e. The minimum Gasteiger partial charge on any atom is -0.444 e. The lowest BCUT2D eigenvalue weighted by molar-refractivity contribution is 0.0508. The van der Waals surface area contributed by atoms with Gasteiger partial charge in [-0.05, 0) is 71.1 Å². The average Bonchev–Trinajstić information content (AvgIpc) is 2.60. The smallest absolute Gasteiger partial charge is 0.408 e. The second-order valence-corrected chi connectivity index (χ2v) is 8.78. The lowest BCUT2D eigenvalue weighted by atomic mass is 9.87. The minimum absolute atomic E-state index is 0.233. The highest BCUT2D eigenvalue weighted by Gasteiger charge is 2.42. The van der Waals surface area contributed by atoms with E-state index in [0.29, 0.717) is 5.96 Å². The van der Waals surface area contributed by atoms with Gasteiger partial charge in [0.25, 0.3) is 0 Å². The van der Waals surface area contributed by atoms with Crippen molar-refractivity contribution in [3.8, 4) is 0 Å². The Balaban J connectivity index is 1.86. The highest BCUT2D eigenvalue weighted by Crippen LogP contribution is 2.39. The number of carbonyl (C=O) groups excluding carboxylic acids is 1. The second-order valence-electron chi connectivity index (χ2n) is 8.78. The predicted octanol–water partition coefficient (Wildman–Crippen LogP) is 3.38. The molecule has 1 heterocycles. The number of anilines is 1. The number of carbonyl (C=O) groups is 1. The molecule has 5 N–H and O–H groups in total. The van der Waals surface area contributed by atoms with Crippen LogP contribution in [0.5, 0.6) is 0 Å². The summed E-state index contributed by atoms with van der Waals surface area (Å²) in [5, 5.41) is 2.88. The first kappa shape index (κ1) is 21.0. The number of ether oxygens (including phenoxy) is 1. The molecule has 29 heavy (non-hydrogen) atoms. The first-order chi connectivity index (χ1) is 13.6. The van der Waals surface area contributed by atoms with Gasteiger partial charge in [-0.25, -0.2) is 9.79 Å². The van der Waals surface area contributed by atoms with Gasteiger partial charge in [0.05, 0.1) is 6.04 Å². The quantitative estimate of drug-likeness (QED) is 0.719. The highest BCUT2D eigenvalue weighted by atomic mass is 16.6. The summed E-state index contributed by atoms with van der Waals surface area (Å²) >= 11 is 0. The first-order valence-corrected chi connectivity index (χ1v) is 10.2. The molecule has 0 radical (unpaired) electrons. The fraction of sp³-hybridized carbons (Fsp3) is 0.571. The summed E-state index contributed by atoms with van der Waals surface area (Å²) in [6, 6.07) is 7.68. The Morgan fingerprint density at radius 2 is 1.93 bits per heavy atom. The van der Waals surface area contributed by atoms with Gasteiger partial charge in [0.15, 0.2) is 0 Å². The summed E-state index contributed by atoms with van der Waals surface area (Å²) in [6.07, 6.45) is 4.61. The third kappa shape index (κ3) is 4.81. The summed E-state index contributed by atoms with van der Waals surface area (Å²) in [5.41, 5.74) is 13.0. The fourth-order valence-corrected chi connectivity index (χ4v) is 4.00. The molecule has 1 fully saturated rings. The Morgan fingerprint density at radius 1 is 1.24 bits per heavy atom. The van der Waals surface area contributed by atoms with Gasteiger partial charge >= 0.3 is 6.09 Å². The normalized spacial score (nSPS) is 19.9. The summed E-state index contributed by atoms with van der Waals surface area (Å²) in [5.74, 6) is 0.584. The van der Waals surface area contributed by atoms with Crippen LogP contribution in [0.15, 0.2) is 34.3 Å². The third-order valence-electron chi connectivity index (χ3n) is 5.21. The van der Waals surface area contributed by atoms with Crippen LogP contribution in [-0.4, -0.2) is 29.3 Å². The van der Waals surface area contributed by atoms with Gasteiger partial charge in [-0.3, -0.25) is 4.90 Å². The zero-order valence-corrected chi connectivity index (χ0v) is 17.7. The van der Waals surface area contributed by atoms with Crippen LogP contribution in [0.25, 0.3) is 0 Å². The number of nitrogens with one attached hydrogen (secondary N) is 1. The van der Waals surface area contributed by atoms with Crippen LogP contribution in [0.3, 0.4) is 0 Å². The Hall–Kier alpha value is -2.77. The first-order valence-electron chi connectivity index (χ1n) is 10.2. The van der Waals surface area contributed by atoms with Crippen molar-refractivity contribution in [1.29, 1.82) is 0 Å². The van der Waals surface area contributed by atoms with Crippen molar-refractivity contribution < 1.29 is 9.53 Å². The number of hydrogen-bond acceptors (Lipinski definition) is 7. The van der Waals surface area contributed by atoms with E-state index in [1.54, 1.807) is 0 Å². The molecule has 3 rings (SSSR count). The van der Waals surface area contributed by atoms with Crippen LogP contribution in [0.4, 0.5) is 10.5 Å². The molecule has 8 heteroatoms. The van der Waals surface area contributed by atoms with Crippen LogP contribution in [0.2, 0.25) is 0 Å². The molecule has 1 spiro atoms. The zero-order chi connectivity index (χ0) is 21.2. The molecule has 1 amide bonds. The Bertz CT molecular complexity index is 821. The van der Waals surface area contributed by atoms with Crippen molar-refractivity contribution in [2.24, 2.45) is 21.5 Å². The summed E-state index contributed by atoms with van der Waals surface area (Å²) in [4.78, 5) is 23.1. The van der Waals surface area contributed by atoms with Crippen molar-refractivity contribution in [2.75, 3.05) is 4.90 Å². The van der Waals surface area contributed by atoms with Gasteiger partial charge in [0, 0.05) is 5.69 Å². The molecule has 1 aliphatic carbocycles. The molecule has 1 aromatic carbocycles. The molecular weight excluding hydrogens is 368 g/mol. The van der Waals surface area contributed by atoms with E-state index in [0.717, 1.165) is 36.9 Å². The molecule has 0 aromatic heterocycles. The van der Waals surface area contributed by atoms with E-state index in [1.165, 1.54) is 6.42 Å². The number of benzene rings is 1. The van der Waals surface area contributed by atoms with Crippen molar-refractivity contribution >= 4 is 23.7 Å². The van der Waals surface area contributed by atoms with Crippen LogP contribution in [0.1, 0.15) is 71.4 Å². The van der Waals surface area contributed by atoms with Gasteiger partial charge in [-0.15, -0.1) is 0 Å². The molecule has 0 bridgehead atoms. The predicted molar refractivity (Wildman–Crippen MR) is 116 cm³/mol. The number of hydrogen-bond donors (Lipinski definition) is 3. The van der Waals surface area contributed by atoms with Crippen LogP contribution >= 0.6 is 0 Å². The van der Waals surface area contributed by atoms with Crippen molar-refractivity contribution in [3.63, 3.8) is 0 Å². The van der Waals surface area contributed by atoms with Crippen LogP contribution in [-0.2, 0) is 4.74 Å². The van der Waals surface area contributed by atoms with E-state index in [9.17, 15) is 4.79 Å². The lowest BCUT2D eigenvalue weighted by Gasteiger charge is -2.45. The van der Waals surface area contributed by atoms with Gasteiger partial charge < -0.3 is 21.5 Å². The molecule has 158 valence electrons. The van der Waals surface area contributed by atoms with Crippen molar-refractivity contribution in [3.05, 3.63) is 29.8 Å². The molecule has 2 aliphatic rings. The van der Waals surface area contributed by atoms with Crippen molar-refractivity contribution in [2.45, 2.75) is 77.1 Å². The Kier molecular flexibility index (Phi) is 5.73. The van der Waals surface area contributed by atoms with E-state index < -0.39 is 17.4 Å². The van der Waals surface area contributed by atoms with E-state index in [1.807, 2.05) is 56.9 Å². The molecule has 8 nitrogen and oxygen atoms in total. The largest absolute Gasteiger partial charge is 0.444 e. The number of nitrogens with zero attached hydrogens (tertiary/aromatic N) is 3. The number of amides is 1. The SMILES string of the molecule is CC(NC(=O)OC(C)(C)C)c1cccc(N2C(N)=NC(N)=NC23CCCCC3)c1. The maximum absolute atomic E-state index is 12.1. The maximum atomic E-state index is 12.1. The van der Waals surface area contributed by atoms with Gasteiger partial charge in [0.1, 0.15) is 11.3 Å². The molecule has 1 unspecified atom stereocenters. The van der Waals surface area contributed by atoms with Gasteiger partial charge in [-0.2, -0.15) is 4.99 Å². The molecular formula is C21H32N6O2. The number of aliphatic imine (C=N–C) groups is 2. The topological polar surface area (TPSA) is 118 Å². The molecule has 1 aliphatic heterocycles. The lowest BCUT2D eigenvalue weighted by Crippen LogP contribution is -2.58. The molecule has 1 saturated carbocycles. The Labute approximate surface area is 172 Å². The summed E-state index contributed by atoms with van der Waals surface area (Å²) in [6.45, 7) is 7.44. The van der Waals surface area contributed by atoms with Gasteiger partial charge in [-0.1, -0.05) is 18.6 Å². The molecule has 0 saturated heterocycles. The van der Waals surface area contributed by atoms with E-state index in [4.69, 9.17) is 21.2 Å². The van der Waals surface area contributed by atoms with Crippen LogP contribution in [0, 0.1) is 0 Å². The second kappa shape index (κ2) is 7.93. The van der Waals surface area contributed by atoms with E-state index in [-0.39, 0.29) is 12.0 Å². The number of rotatable bonds is 3. The fourth-order valence-electron chi connectivity index (χ4n) is 4.00. The Morgan fingerprint density at radius 3 is 2.59 bits per heavy atom.